The number of hydrogen-bond donors (Lipinski definition) is 2. The normalized spacial score (nSPS) is 13.3. The monoisotopic (exact) mass is 250 g/mol. The minimum atomic E-state index is -0.838. The highest BCUT2D eigenvalue weighted by molar-refractivity contribution is 5.70. The highest BCUT2D eigenvalue weighted by Crippen LogP contribution is 2.31. The molecule has 0 radical (unpaired) electrons. The summed E-state index contributed by atoms with van der Waals surface area (Å²) in [5.41, 5.74) is 1.88. The van der Waals surface area contributed by atoms with Crippen molar-refractivity contribution < 1.29 is 15.0 Å². The summed E-state index contributed by atoms with van der Waals surface area (Å²) >= 11 is 0. The van der Waals surface area contributed by atoms with Crippen LogP contribution in [0.1, 0.15) is 45.2 Å². The molecule has 18 heavy (non-hydrogen) atoms. The van der Waals surface area contributed by atoms with Gasteiger partial charge in [-0.3, -0.25) is 4.79 Å². The molecule has 0 heterocycles. The van der Waals surface area contributed by atoms with Crippen LogP contribution in [-0.4, -0.2) is 16.2 Å². The number of benzene rings is 1. The summed E-state index contributed by atoms with van der Waals surface area (Å²) in [4.78, 5) is 10.9. The van der Waals surface area contributed by atoms with Gasteiger partial charge in [0.25, 0.3) is 0 Å². The molecule has 3 heteroatoms. The van der Waals surface area contributed by atoms with Gasteiger partial charge in [-0.05, 0) is 35.4 Å². The maximum absolute atomic E-state index is 10.9. The molecular weight excluding hydrogens is 228 g/mol. The van der Waals surface area contributed by atoms with Gasteiger partial charge in [0.05, 0.1) is 5.92 Å². The first kappa shape index (κ1) is 14.6. The zero-order valence-electron chi connectivity index (χ0n) is 11.5. The van der Waals surface area contributed by atoms with Crippen LogP contribution < -0.4 is 0 Å². The molecule has 0 aromatic heterocycles. The fourth-order valence-corrected chi connectivity index (χ4v) is 1.79. The lowest BCUT2D eigenvalue weighted by Crippen LogP contribution is -2.17. The lowest BCUT2D eigenvalue weighted by molar-refractivity contribution is -0.141. The minimum Gasteiger partial charge on any atom is -0.508 e. The average Bonchev–Trinajstić information content (AvgIpc) is 2.31. The second-order valence-corrected chi connectivity index (χ2v) is 5.52. The van der Waals surface area contributed by atoms with E-state index in [9.17, 15) is 9.90 Å². The third kappa shape index (κ3) is 3.25. The van der Waals surface area contributed by atoms with E-state index >= 15 is 0 Å². The van der Waals surface area contributed by atoms with Crippen molar-refractivity contribution in [3.8, 4) is 5.75 Å². The predicted octanol–water partition coefficient (Wildman–Crippen LogP) is 3.34. The summed E-state index contributed by atoms with van der Waals surface area (Å²) < 4.78 is 0. The molecule has 1 aromatic carbocycles. The van der Waals surface area contributed by atoms with Gasteiger partial charge >= 0.3 is 5.97 Å². The molecule has 1 unspecified atom stereocenters. The molecule has 0 bridgehead atoms. The summed E-state index contributed by atoms with van der Waals surface area (Å²) in [7, 11) is 0. The molecule has 2 N–H and O–H groups in total. The molecule has 3 nitrogen and oxygen atoms in total. The van der Waals surface area contributed by atoms with Crippen LogP contribution in [0, 0.1) is 5.92 Å². The Hall–Kier alpha value is -1.51. The maximum atomic E-state index is 10.9. The van der Waals surface area contributed by atoms with Crippen molar-refractivity contribution in [1.82, 2.24) is 0 Å². The zero-order valence-corrected chi connectivity index (χ0v) is 11.5. The van der Waals surface area contributed by atoms with E-state index in [2.05, 4.69) is 20.8 Å². The van der Waals surface area contributed by atoms with Crippen molar-refractivity contribution in [3.63, 3.8) is 0 Å². The molecule has 1 atom stereocenters. The minimum absolute atomic E-state index is 0.0366. The van der Waals surface area contributed by atoms with E-state index in [-0.39, 0.29) is 11.2 Å². The van der Waals surface area contributed by atoms with Crippen molar-refractivity contribution in [2.45, 2.75) is 46.0 Å². The van der Waals surface area contributed by atoms with Gasteiger partial charge in [0.1, 0.15) is 5.75 Å². The second kappa shape index (κ2) is 5.42. The molecule has 1 rings (SSSR count). The average molecular weight is 250 g/mol. The Bertz CT molecular complexity index is 435. The van der Waals surface area contributed by atoms with Crippen LogP contribution in [0.2, 0.25) is 0 Å². The number of aliphatic carboxylic acids is 1. The third-order valence-electron chi connectivity index (χ3n) is 3.69. The Morgan fingerprint density at radius 1 is 1.39 bits per heavy atom. The van der Waals surface area contributed by atoms with E-state index in [4.69, 9.17) is 5.11 Å². The van der Waals surface area contributed by atoms with E-state index in [1.54, 1.807) is 13.0 Å². The fourth-order valence-electron chi connectivity index (χ4n) is 1.79. The molecule has 0 aliphatic rings. The van der Waals surface area contributed by atoms with E-state index in [1.165, 1.54) is 0 Å². The summed E-state index contributed by atoms with van der Waals surface area (Å²) in [6, 6.07) is 5.50. The van der Waals surface area contributed by atoms with Crippen LogP contribution in [0.5, 0.6) is 5.75 Å². The van der Waals surface area contributed by atoms with Gasteiger partial charge in [0, 0.05) is 0 Å². The standard InChI is InChI=1S/C15H22O3/c1-5-15(3,4)12-6-7-13(16)11(9-12)8-10(2)14(17)18/h6-7,9-10,16H,5,8H2,1-4H3,(H,17,18). The van der Waals surface area contributed by atoms with Crippen molar-refractivity contribution in [2.24, 2.45) is 5.92 Å². The Balaban J connectivity index is 3.05. The van der Waals surface area contributed by atoms with Gasteiger partial charge in [-0.2, -0.15) is 0 Å². The lowest BCUT2D eigenvalue weighted by Gasteiger charge is -2.24. The third-order valence-corrected chi connectivity index (χ3v) is 3.69. The van der Waals surface area contributed by atoms with Crippen LogP contribution in [0.3, 0.4) is 0 Å². The number of rotatable bonds is 5. The summed E-state index contributed by atoms with van der Waals surface area (Å²) in [5.74, 6) is -1.15. The van der Waals surface area contributed by atoms with Crippen molar-refractivity contribution in [1.29, 1.82) is 0 Å². The largest absolute Gasteiger partial charge is 0.508 e. The van der Waals surface area contributed by atoms with Crippen molar-refractivity contribution in [3.05, 3.63) is 29.3 Å². The van der Waals surface area contributed by atoms with Crippen LogP contribution in [0.15, 0.2) is 18.2 Å². The number of carboxylic acids is 1. The van der Waals surface area contributed by atoms with Crippen LogP contribution >= 0.6 is 0 Å². The Morgan fingerprint density at radius 3 is 2.50 bits per heavy atom. The molecule has 0 amide bonds. The maximum Gasteiger partial charge on any atom is 0.306 e. The second-order valence-electron chi connectivity index (χ2n) is 5.52. The van der Waals surface area contributed by atoms with Gasteiger partial charge in [0.15, 0.2) is 0 Å². The Kier molecular flexibility index (Phi) is 4.38. The SMILES string of the molecule is CCC(C)(C)c1ccc(O)c(CC(C)C(=O)O)c1. The first-order chi connectivity index (χ1) is 8.27. The molecule has 100 valence electrons. The van der Waals surface area contributed by atoms with Gasteiger partial charge in [-0.1, -0.05) is 39.8 Å². The van der Waals surface area contributed by atoms with E-state index < -0.39 is 11.9 Å². The van der Waals surface area contributed by atoms with E-state index in [0.717, 1.165) is 12.0 Å². The summed E-state index contributed by atoms with van der Waals surface area (Å²) in [6.07, 6.45) is 1.35. The number of carboxylic acid groups (broad SMARTS) is 1. The zero-order chi connectivity index (χ0) is 13.9. The molecule has 0 spiro atoms. The Labute approximate surface area is 108 Å². The fraction of sp³-hybridized carbons (Fsp3) is 0.533. The van der Waals surface area contributed by atoms with Crippen molar-refractivity contribution in [2.75, 3.05) is 0 Å². The smallest absolute Gasteiger partial charge is 0.306 e. The molecule has 0 saturated heterocycles. The topological polar surface area (TPSA) is 57.5 Å². The lowest BCUT2D eigenvalue weighted by atomic mass is 9.81. The van der Waals surface area contributed by atoms with Crippen molar-refractivity contribution >= 4 is 5.97 Å². The van der Waals surface area contributed by atoms with E-state index in [0.29, 0.717) is 12.0 Å². The number of carbonyl (C=O) groups is 1. The summed E-state index contributed by atoms with van der Waals surface area (Å²) in [6.45, 7) is 8.05. The number of aromatic hydroxyl groups is 1. The molecule has 0 aliphatic heterocycles. The Morgan fingerprint density at radius 2 is 2.00 bits per heavy atom. The molecular formula is C15H22O3. The van der Waals surface area contributed by atoms with Crippen LogP contribution in [0.25, 0.3) is 0 Å². The highest BCUT2D eigenvalue weighted by Gasteiger charge is 2.20. The first-order valence-corrected chi connectivity index (χ1v) is 6.33. The molecule has 1 aromatic rings. The van der Waals surface area contributed by atoms with E-state index in [1.807, 2.05) is 12.1 Å². The van der Waals surface area contributed by atoms with Gasteiger partial charge in [-0.25, -0.2) is 0 Å². The number of hydrogen-bond acceptors (Lipinski definition) is 2. The van der Waals surface area contributed by atoms with Gasteiger partial charge in [-0.15, -0.1) is 0 Å². The van der Waals surface area contributed by atoms with Crippen LogP contribution in [0.4, 0.5) is 0 Å². The van der Waals surface area contributed by atoms with Gasteiger partial charge < -0.3 is 10.2 Å². The summed E-state index contributed by atoms with van der Waals surface area (Å²) in [5, 5.41) is 18.7. The van der Waals surface area contributed by atoms with Gasteiger partial charge in [0.2, 0.25) is 0 Å². The predicted molar refractivity (Wildman–Crippen MR) is 71.9 cm³/mol. The highest BCUT2D eigenvalue weighted by atomic mass is 16.4. The molecule has 0 saturated carbocycles. The molecule has 0 fully saturated rings. The van der Waals surface area contributed by atoms with Crippen LogP contribution in [-0.2, 0) is 16.6 Å². The number of phenolic OH excluding ortho intramolecular Hbond substituents is 1. The first-order valence-electron chi connectivity index (χ1n) is 6.33. The number of phenols is 1. The quantitative estimate of drug-likeness (QED) is 0.842. The molecule has 0 aliphatic carbocycles.